The van der Waals surface area contributed by atoms with Crippen LogP contribution in [-0.2, 0) is 38.5 Å². The first-order valence-corrected chi connectivity index (χ1v) is 21.7. The normalized spacial score (nSPS) is 17.6. The van der Waals surface area contributed by atoms with Gasteiger partial charge in [-0.2, -0.15) is 0 Å². The van der Waals surface area contributed by atoms with Crippen LogP contribution in [0, 0.1) is 11.8 Å². The van der Waals surface area contributed by atoms with Crippen LogP contribution in [0.2, 0.25) is 5.02 Å². The first kappa shape index (κ1) is 44.0. The van der Waals surface area contributed by atoms with Crippen molar-refractivity contribution in [2.75, 3.05) is 13.2 Å². The van der Waals surface area contributed by atoms with Gasteiger partial charge in [-0.15, -0.1) is 0 Å². The highest BCUT2D eigenvalue weighted by molar-refractivity contribution is 6.31. The number of benzene rings is 4. The Balaban J connectivity index is 1.16. The topological polar surface area (TPSA) is 192 Å². The first-order valence-electron chi connectivity index (χ1n) is 21.3. The number of fused-ring (bicyclic) bond motifs is 1. The van der Waals surface area contributed by atoms with E-state index in [4.69, 9.17) is 37.0 Å². The monoisotopic (exact) mass is 860 g/mol. The van der Waals surface area contributed by atoms with Crippen molar-refractivity contribution in [1.82, 2.24) is 15.2 Å². The van der Waals surface area contributed by atoms with Gasteiger partial charge in [0.2, 0.25) is 11.7 Å². The van der Waals surface area contributed by atoms with Crippen LogP contribution in [-0.4, -0.2) is 70.7 Å². The molecule has 2 heterocycles. The Labute approximate surface area is 366 Å². The third-order valence-corrected chi connectivity index (χ3v) is 12.0. The summed E-state index contributed by atoms with van der Waals surface area (Å²) in [7, 11) is 0. The number of amides is 2. The molecule has 2 fully saturated rings. The predicted molar refractivity (Wildman–Crippen MR) is 237 cm³/mol. The molecule has 1 saturated heterocycles. The minimum atomic E-state index is -1.02. The van der Waals surface area contributed by atoms with Crippen molar-refractivity contribution in [3.8, 4) is 0 Å². The highest BCUT2D eigenvalue weighted by Gasteiger charge is 2.44. The van der Waals surface area contributed by atoms with Crippen molar-refractivity contribution < 1.29 is 33.1 Å². The van der Waals surface area contributed by atoms with Crippen LogP contribution in [0.4, 0.5) is 10.5 Å². The number of hydrogen-bond acceptors (Lipinski definition) is 9. The van der Waals surface area contributed by atoms with Gasteiger partial charge >= 0.3 is 6.09 Å². The molecule has 1 aliphatic heterocycles. The largest absolute Gasteiger partial charge is 0.445 e. The number of halogens is 1. The Morgan fingerprint density at radius 2 is 1.61 bits per heavy atom. The maximum absolute atomic E-state index is 14.8. The molecular formula is C48H53ClN6O7. The number of nitrogens with zero attached hydrogens (tertiary/aromatic N) is 3. The molecule has 4 aromatic carbocycles. The average Bonchev–Trinajstić information content (AvgIpc) is 3.93. The molecule has 1 aromatic heterocycles. The molecule has 2 aliphatic rings. The lowest BCUT2D eigenvalue weighted by molar-refractivity contribution is -0.139. The standard InChI is InChI=1S/C48H53ClN6O7/c49-38-26-36(52-47(50)51)22-21-34(38)24-35(44(57)45-53-39-18-10-11-19-43(39)62-45)25-42(56)41-27-37(60-29-32-14-6-2-7-15-32)28-55(41)46(58)40(23-20-31-12-4-1-5-13-31)54-48(59)61-30-33-16-8-3-9-17-33/h1,3-5,8-13,16-19,21-22,26,32,35,37,40-41H,2,6-7,14-15,20,23-25,27-30H2,(H,54,59)(H4,50,51,52)/t35?,37-,40-,41+/m1/s1. The number of ether oxygens (including phenoxy) is 2. The van der Waals surface area contributed by atoms with Gasteiger partial charge in [0.25, 0.3) is 5.89 Å². The Bertz CT molecular complexity index is 2310. The number of likely N-dealkylation sites (tertiary alicyclic amines) is 1. The summed E-state index contributed by atoms with van der Waals surface area (Å²) in [6, 6.07) is 29.0. The maximum Gasteiger partial charge on any atom is 0.408 e. The number of hydrogen-bond donors (Lipinski definition) is 3. The number of rotatable bonds is 18. The van der Waals surface area contributed by atoms with Gasteiger partial charge < -0.3 is 35.6 Å². The quantitative estimate of drug-likeness (QED) is 0.0444. The minimum Gasteiger partial charge on any atom is -0.445 e. The number of oxazole rings is 1. The van der Waals surface area contributed by atoms with E-state index in [-0.39, 0.29) is 56.5 Å². The number of alkyl carbamates (subject to hydrolysis) is 1. The van der Waals surface area contributed by atoms with Crippen LogP contribution in [0.25, 0.3) is 11.1 Å². The average molecular weight is 861 g/mol. The van der Waals surface area contributed by atoms with Crippen LogP contribution >= 0.6 is 11.6 Å². The SMILES string of the molecule is NC(N)=Nc1ccc(CC(CC(=O)[C@@H]2C[C@@H](OCC3CCCCC3)CN2C(=O)[C@@H](CCc2ccccc2)NC(=O)OCc2ccccc2)C(=O)c2nc3ccccc3o2)c(Cl)c1. The molecule has 0 spiro atoms. The number of nitrogens with one attached hydrogen (secondary N) is 1. The molecule has 0 bridgehead atoms. The van der Waals surface area contributed by atoms with Crippen molar-refractivity contribution in [1.29, 1.82) is 0 Å². The third-order valence-electron chi connectivity index (χ3n) is 11.7. The number of nitrogens with two attached hydrogens (primary N) is 2. The Morgan fingerprint density at radius 3 is 2.32 bits per heavy atom. The Morgan fingerprint density at radius 1 is 0.903 bits per heavy atom. The van der Waals surface area contributed by atoms with Crippen molar-refractivity contribution in [3.05, 3.63) is 131 Å². The number of ketones is 2. The smallest absolute Gasteiger partial charge is 0.408 e. The van der Waals surface area contributed by atoms with Crippen LogP contribution in [0.15, 0.2) is 113 Å². The zero-order valence-electron chi connectivity index (χ0n) is 34.6. The summed E-state index contributed by atoms with van der Waals surface area (Å²) < 4.78 is 18.0. The summed E-state index contributed by atoms with van der Waals surface area (Å²) in [4.78, 5) is 67.4. The summed E-state index contributed by atoms with van der Waals surface area (Å²) in [5.74, 6) is -2.09. The number of carbonyl (C=O) groups excluding carboxylic acids is 4. The second-order valence-corrected chi connectivity index (χ2v) is 16.6. The molecule has 1 aliphatic carbocycles. The van der Waals surface area contributed by atoms with Gasteiger partial charge in [-0.05, 0) is 79.0 Å². The fraction of sp³-hybridized carbons (Fsp3) is 0.375. The number of carbonyl (C=O) groups is 4. The first-order chi connectivity index (χ1) is 30.1. The summed E-state index contributed by atoms with van der Waals surface area (Å²) >= 11 is 6.73. The zero-order valence-corrected chi connectivity index (χ0v) is 35.4. The van der Waals surface area contributed by atoms with Crippen LogP contribution in [0.3, 0.4) is 0 Å². The van der Waals surface area contributed by atoms with Gasteiger partial charge in [-0.1, -0.05) is 110 Å². The molecule has 2 amide bonds. The van der Waals surface area contributed by atoms with E-state index in [1.807, 2.05) is 60.7 Å². The molecule has 14 heteroatoms. The van der Waals surface area contributed by atoms with Crippen molar-refractivity contribution in [3.63, 3.8) is 0 Å². The van der Waals surface area contributed by atoms with Crippen molar-refractivity contribution in [2.24, 2.45) is 28.3 Å². The van der Waals surface area contributed by atoms with E-state index in [0.29, 0.717) is 46.3 Å². The third kappa shape index (κ3) is 11.9. The zero-order chi connectivity index (χ0) is 43.4. The molecule has 4 atom stereocenters. The van der Waals surface area contributed by atoms with E-state index in [1.54, 1.807) is 42.5 Å². The summed E-state index contributed by atoms with van der Waals surface area (Å²) in [6.07, 6.45) is 5.24. The predicted octanol–water partition coefficient (Wildman–Crippen LogP) is 7.88. The molecule has 13 nitrogen and oxygen atoms in total. The summed E-state index contributed by atoms with van der Waals surface area (Å²) in [5.41, 5.74) is 14.9. The van der Waals surface area contributed by atoms with Gasteiger partial charge in [0.1, 0.15) is 18.2 Å². The molecule has 5 aromatic rings. The van der Waals surface area contributed by atoms with E-state index < -0.39 is 41.9 Å². The van der Waals surface area contributed by atoms with E-state index in [0.717, 1.165) is 36.8 Å². The highest BCUT2D eigenvalue weighted by Crippen LogP contribution is 2.32. The molecule has 1 saturated carbocycles. The van der Waals surface area contributed by atoms with Gasteiger partial charge in [0.15, 0.2) is 17.3 Å². The van der Waals surface area contributed by atoms with Gasteiger partial charge in [0.05, 0.1) is 17.8 Å². The number of guanidine groups is 1. The second kappa shape index (κ2) is 21.2. The summed E-state index contributed by atoms with van der Waals surface area (Å²) in [6.45, 7) is 0.694. The van der Waals surface area contributed by atoms with E-state index in [9.17, 15) is 19.2 Å². The van der Waals surface area contributed by atoms with E-state index in [1.165, 1.54) is 11.3 Å². The minimum absolute atomic E-state index is 0.0186. The number of para-hydroxylation sites is 2. The molecule has 1 unspecified atom stereocenters. The van der Waals surface area contributed by atoms with Gasteiger partial charge in [0, 0.05) is 36.9 Å². The lowest BCUT2D eigenvalue weighted by Crippen LogP contribution is -2.52. The fourth-order valence-electron chi connectivity index (χ4n) is 8.39. The van der Waals surface area contributed by atoms with Crippen molar-refractivity contribution in [2.45, 2.75) is 89.0 Å². The number of aryl methyl sites for hydroxylation is 1. The molecule has 62 heavy (non-hydrogen) atoms. The summed E-state index contributed by atoms with van der Waals surface area (Å²) in [5, 5.41) is 3.12. The van der Waals surface area contributed by atoms with Crippen LogP contribution in [0.1, 0.15) is 78.7 Å². The molecule has 5 N–H and O–H groups in total. The van der Waals surface area contributed by atoms with E-state index >= 15 is 0 Å². The van der Waals surface area contributed by atoms with Gasteiger partial charge in [-0.3, -0.25) is 14.4 Å². The number of aromatic nitrogens is 1. The number of aliphatic imine (C=N–C) groups is 1. The Hall–Kier alpha value is -6.05. The van der Waals surface area contributed by atoms with Crippen LogP contribution < -0.4 is 16.8 Å². The molecule has 324 valence electrons. The Kier molecular flexibility index (Phi) is 15.0. The molecule has 7 rings (SSSR count). The lowest BCUT2D eigenvalue weighted by atomic mass is 9.88. The van der Waals surface area contributed by atoms with Crippen molar-refractivity contribution >= 4 is 57.9 Å². The lowest BCUT2D eigenvalue weighted by Gasteiger charge is -2.29. The molecule has 0 radical (unpaired) electrons. The second-order valence-electron chi connectivity index (χ2n) is 16.2. The maximum atomic E-state index is 14.8. The van der Waals surface area contributed by atoms with E-state index in [2.05, 4.69) is 15.3 Å². The van der Waals surface area contributed by atoms with Gasteiger partial charge in [-0.25, -0.2) is 14.8 Å². The fourth-order valence-corrected chi connectivity index (χ4v) is 8.64. The van der Waals surface area contributed by atoms with Crippen LogP contribution in [0.5, 0.6) is 0 Å². The highest BCUT2D eigenvalue weighted by atomic mass is 35.5. The number of Topliss-reactive ketones (excluding diaryl/α,β-unsaturated/α-hetero) is 2. The molecular weight excluding hydrogens is 808 g/mol.